The summed E-state index contributed by atoms with van der Waals surface area (Å²) in [5.74, 6) is 0.919. The topological polar surface area (TPSA) is 43.0 Å². The minimum absolute atomic E-state index is 0.673. The van der Waals surface area contributed by atoms with Crippen LogP contribution in [-0.2, 0) is 13.1 Å². The number of fused-ring (bicyclic) bond motifs is 4. The molecule has 0 aliphatic rings. The van der Waals surface area contributed by atoms with Gasteiger partial charge < -0.3 is 14.3 Å². The van der Waals surface area contributed by atoms with Crippen molar-refractivity contribution in [3.63, 3.8) is 0 Å². The first-order valence-electron chi connectivity index (χ1n) is 9.93. The Morgan fingerprint density at radius 1 is 0.929 bits per heavy atom. The predicted molar refractivity (Wildman–Crippen MR) is 116 cm³/mol. The highest BCUT2D eigenvalue weighted by Crippen LogP contribution is 2.31. The van der Waals surface area contributed by atoms with Crippen molar-refractivity contribution in [2.75, 3.05) is 5.32 Å². The molecule has 28 heavy (non-hydrogen) atoms. The standard InChI is InChI=1S/C24H23N3O/c1-2-3-15-27-21-13-6-5-12-20(21)26-24(27)25-16-17-9-8-11-19-18-10-4-7-14-22(18)28-23(17)19/h4-14H,2-3,15-16H2,1H3,(H,25,26). The second kappa shape index (κ2) is 7.04. The number of anilines is 1. The summed E-state index contributed by atoms with van der Waals surface area (Å²) in [6, 6.07) is 22.9. The third kappa shape index (κ3) is 2.82. The van der Waals surface area contributed by atoms with E-state index in [9.17, 15) is 0 Å². The lowest BCUT2D eigenvalue weighted by Crippen LogP contribution is -2.08. The summed E-state index contributed by atoms with van der Waals surface area (Å²) in [6.45, 7) is 3.86. The van der Waals surface area contributed by atoms with Crippen LogP contribution in [0, 0.1) is 0 Å². The summed E-state index contributed by atoms with van der Waals surface area (Å²) < 4.78 is 8.45. The minimum Gasteiger partial charge on any atom is -0.456 e. The average Bonchev–Trinajstić information content (AvgIpc) is 3.29. The molecule has 0 fully saturated rings. The number of hydrogen-bond acceptors (Lipinski definition) is 3. The van der Waals surface area contributed by atoms with Crippen molar-refractivity contribution in [2.24, 2.45) is 0 Å². The highest BCUT2D eigenvalue weighted by Gasteiger charge is 2.13. The van der Waals surface area contributed by atoms with Crippen LogP contribution >= 0.6 is 0 Å². The molecule has 2 aromatic heterocycles. The smallest absolute Gasteiger partial charge is 0.204 e. The number of benzene rings is 3. The number of para-hydroxylation sites is 4. The van der Waals surface area contributed by atoms with Crippen LogP contribution in [0.4, 0.5) is 5.95 Å². The van der Waals surface area contributed by atoms with E-state index in [2.05, 4.69) is 65.3 Å². The molecule has 140 valence electrons. The molecule has 0 bridgehead atoms. The van der Waals surface area contributed by atoms with Gasteiger partial charge in [0.25, 0.3) is 0 Å². The third-order valence-electron chi connectivity index (χ3n) is 5.31. The van der Waals surface area contributed by atoms with Crippen LogP contribution in [0.1, 0.15) is 25.3 Å². The Bertz CT molecular complexity index is 1270. The number of aromatic nitrogens is 2. The molecule has 0 saturated carbocycles. The third-order valence-corrected chi connectivity index (χ3v) is 5.31. The van der Waals surface area contributed by atoms with Crippen molar-refractivity contribution in [1.29, 1.82) is 0 Å². The van der Waals surface area contributed by atoms with Gasteiger partial charge in [0, 0.05) is 29.4 Å². The van der Waals surface area contributed by atoms with Crippen LogP contribution in [0.3, 0.4) is 0 Å². The van der Waals surface area contributed by atoms with Gasteiger partial charge >= 0.3 is 0 Å². The van der Waals surface area contributed by atoms with Crippen molar-refractivity contribution in [3.05, 3.63) is 72.3 Å². The Hall–Kier alpha value is -3.27. The molecular formula is C24H23N3O. The van der Waals surface area contributed by atoms with E-state index in [1.54, 1.807) is 0 Å². The van der Waals surface area contributed by atoms with E-state index in [0.29, 0.717) is 6.54 Å². The fourth-order valence-electron chi connectivity index (χ4n) is 3.87. The fraction of sp³-hybridized carbons (Fsp3) is 0.208. The van der Waals surface area contributed by atoms with E-state index in [1.807, 2.05) is 18.2 Å². The number of aryl methyl sites for hydroxylation is 1. The SMILES string of the molecule is CCCCn1c(NCc2cccc3c2oc2ccccc23)nc2ccccc21. The molecule has 5 rings (SSSR count). The van der Waals surface area contributed by atoms with Gasteiger partial charge in [-0.05, 0) is 24.6 Å². The number of rotatable bonds is 6. The zero-order chi connectivity index (χ0) is 18.9. The number of nitrogens with zero attached hydrogens (tertiary/aromatic N) is 2. The van der Waals surface area contributed by atoms with Gasteiger partial charge in [0.2, 0.25) is 5.95 Å². The fourth-order valence-corrected chi connectivity index (χ4v) is 3.87. The normalized spacial score (nSPS) is 11.6. The van der Waals surface area contributed by atoms with Crippen LogP contribution in [0.2, 0.25) is 0 Å². The maximum atomic E-state index is 6.16. The molecule has 5 aromatic rings. The van der Waals surface area contributed by atoms with Gasteiger partial charge in [0.05, 0.1) is 11.0 Å². The highest BCUT2D eigenvalue weighted by atomic mass is 16.3. The lowest BCUT2D eigenvalue weighted by atomic mass is 10.1. The van der Waals surface area contributed by atoms with E-state index in [0.717, 1.165) is 58.4 Å². The molecule has 0 atom stereocenters. The van der Waals surface area contributed by atoms with E-state index in [1.165, 1.54) is 5.52 Å². The lowest BCUT2D eigenvalue weighted by molar-refractivity contribution is 0.647. The van der Waals surface area contributed by atoms with E-state index in [-0.39, 0.29) is 0 Å². The van der Waals surface area contributed by atoms with Crippen LogP contribution < -0.4 is 5.32 Å². The Balaban J connectivity index is 1.51. The Morgan fingerprint density at radius 2 is 1.75 bits per heavy atom. The van der Waals surface area contributed by atoms with E-state index >= 15 is 0 Å². The molecule has 0 unspecified atom stereocenters. The minimum atomic E-state index is 0.673. The molecule has 2 heterocycles. The molecule has 0 aliphatic carbocycles. The summed E-state index contributed by atoms with van der Waals surface area (Å²) >= 11 is 0. The summed E-state index contributed by atoms with van der Waals surface area (Å²) in [6.07, 6.45) is 2.29. The second-order valence-electron chi connectivity index (χ2n) is 7.17. The molecule has 4 heteroatoms. The van der Waals surface area contributed by atoms with Gasteiger partial charge in [-0.3, -0.25) is 0 Å². The summed E-state index contributed by atoms with van der Waals surface area (Å²) in [7, 11) is 0. The number of unbranched alkanes of at least 4 members (excludes halogenated alkanes) is 1. The molecule has 0 aliphatic heterocycles. The maximum absolute atomic E-state index is 6.16. The second-order valence-corrected chi connectivity index (χ2v) is 7.17. The zero-order valence-corrected chi connectivity index (χ0v) is 16.0. The van der Waals surface area contributed by atoms with Crippen molar-refractivity contribution in [2.45, 2.75) is 32.9 Å². The zero-order valence-electron chi connectivity index (χ0n) is 16.0. The molecule has 1 N–H and O–H groups in total. The van der Waals surface area contributed by atoms with Gasteiger partial charge in [0.15, 0.2) is 0 Å². The number of hydrogen-bond donors (Lipinski definition) is 1. The van der Waals surface area contributed by atoms with Crippen molar-refractivity contribution in [1.82, 2.24) is 9.55 Å². The summed E-state index contributed by atoms with van der Waals surface area (Å²) in [4.78, 5) is 4.82. The highest BCUT2D eigenvalue weighted by molar-refractivity contribution is 6.05. The lowest BCUT2D eigenvalue weighted by Gasteiger charge is -2.10. The van der Waals surface area contributed by atoms with Crippen LogP contribution in [0.15, 0.2) is 71.1 Å². The predicted octanol–water partition coefficient (Wildman–Crippen LogP) is 6.35. The largest absolute Gasteiger partial charge is 0.456 e. The van der Waals surface area contributed by atoms with Crippen LogP contribution in [-0.4, -0.2) is 9.55 Å². The number of imidazole rings is 1. The molecule has 0 saturated heterocycles. The number of nitrogens with one attached hydrogen (secondary N) is 1. The van der Waals surface area contributed by atoms with Gasteiger partial charge in [0.1, 0.15) is 11.2 Å². The van der Waals surface area contributed by atoms with Crippen molar-refractivity contribution < 1.29 is 4.42 Å². The van der Waals surface area contributed by atoms with Gasteiger partial charge in [-0.25, -0.2) is 4.98 Å². The molecule has 0 amide bonds. The van der Waals surface area contributed by atoms with Crippen LogP contribution in [0.25, 0.3) is 33.0 Å². The molecular weight excluding hydrogens is 346 g/mol. The monoisotopic (exact) mass is 369 g/mol. The summed E-state index contributed by atoms with van der Waals surface area (Å²) in [5.41, 5.74) is 5.23. The van der Waals surface area contributed by atoms with Crippen molar-refractivity contribution in [3.8, 4) is 0 Å². The first kappa shape index (κ1) is 16.9. The number of furan rings is 1. The average molecular weight is 369 g/mol. The van der Waals surface area contributed by atoms with Gasteiger partial charge in [-0.1, -0.05) is 61.9 Å². The molecule has 3 aromatic carbocycles. The van der Waals surface area contributed by atoms with E-state index < -0.39 is 0 Å². The Labute approximate surface area is 163 Å². The van der Waals surface area contributed by atoms with Crippen molar-refractivity contribution >= 4 is 38.9 Å². The first-order valence-corrected chi connectivity index (χ1v) is 9.93. The Kier molecular flexibility index (Phi) is 4.24. The molecule has 4 nitrogen and oxygen atoms in total. The molecule has 0 spiro atoms. The van der Waals surface area contributed by atoms with E-state index in [4.69, 9.17) is 9.40 Å². The Morgan fingerprint density at radius 3 is 2.68 bits per heavy atom. The quantitative estimate of drug-likeness (QED) is 0.379. The molecule has 0 radical (unpaired) electrons. The van der Waals surface area contributed by atoms with Gasteiger partial charge in [-0.15, -0.1) is 0 Å². The van der Waals surface area contributed by atoms with Gasteiger partial charge in [-0.2, -0.15) is 0 Å². The summed E-state index contributed by atoms with van der Waals surface area (Å²) in [5, 5.41) is 5.88. The first-order chi connectivity index (χ1) is 13.8. The maximum Gasteiger partial charge on any atom is 0.204 e. The van der Waals surface area contributed by atoms with Crippen LogP contribution in [0.5, 0.6) is 0 Å².